The van der Waals surface area contributed by atoms with E-state index in [1.54, 1.807) is 0 Å². The van der Waals surface area contributed by atoms with Crippen LogP contribution in [0.25, 0.3) is 0 Å². The van der Waals surface area contributed by atoms with Crippen molar-refractivity contribution >= 4 is 11.6 Å². The lowest BCUT2D eigenvalue weighted by molar-refractivity contribution is -0.336. The molecule has 0 radical (unpaired) electrons. The van der Waals surface area contributed by atoms with Gasteiger partial charge in [0.2, 0.25) is 0 Å². The number of fused-ring (bicyclic) bond motifs is 1. The molecule has 6 heteroatoms. The van der Waals surface area contributed by atoms with Crippen LogP contribution in [0.2, 0.25) is 5.02 Å². The number of hydrogen-bond donors (Lipinski definition) is 0. The second-order valence-corrected chi connectivity index (χ2v) is 8.00. The van der Waals surface area contributed by atoms with E-state index in [0.717, 1.165) is 12.0 Å². The van der Waals surface area contributed by atoms with Gasteiger partial charge in [0.1, 0.15) is 24.4 Å². The van der Waals surface area contributed by atoms with Gasteiger partial charge in [0, 0.05) is 30.2 Å². The Morgan fingerprint density at radius 3 is 2.30 bits per heavy atom. The van der Waals surface area contributed by atoms with Gasteiger partial charge in [-0.3, -0.25) is 0 Å². The highest BCUT2D eigenvalue weighted by Crippen LogP contribution is 2.37. The van der Waals surface area contributed by atoms with Gasteiger partial charge in [0.05, 0.1) is 12.7 Å². The quantitative estimate of drug-likeness (QED) is 0.641. The maximum Gasteiger partial charge on any atom is 0.184 e. The molecule has 2 aromatic carbocycles. The molecule has 30 heavy (non-hydrogen) atoms. The second kappa shape index (κ2) is 10.2. The molecule has 4 rings (SSSR count). The highest BCUT2D eigenvalue weighted by molar-refractivity contribution is 6.30. The number of ether oxygens (including phenoxy) is 5. The van der Waals surface area contributed by atoms with Crippen molar-refractivity contribution in [3.63, 3.8) is 0 Å². The van der Waals surface area contributed by atoms with Crippen molar-refractivity contribution in [1.29, 1.82) is 0 Å². The molecule has 2 aliphatic heterocycles. The van der Waals surface area contributed by atoms with Crippen molar-refractivity contribution in [1.82, 2.24) is 0 Å². The van der Waals surface area contributed by atoms with E-state index < -0.39 is 6.29 Å². The Hall–Kier alpha value is -1.47. The molecule has 5 nitrogen and oxygen atoms in total. The molecule has 0 N–H and O–H groups in total. The first-order valence-corrected chi connectivity index (χ1v) is 11.0. The number of halogens is 1. The van der Waals surface area contributed by atoms with Crippen LogP contribution in [0.1, 0.15) is 31.3 Å². The molecule has 162 valence electrons. The lowest BCUT2D eigenvalue weighted by Crippen LogP contribution is -2.63. The van der Waals surface area contributed by atoms with E-state index in [1.807, 2.05) is 56.3 Å². The van der Waals surface area contributed by atoms with Crippen molar-refractivity contribution in [2.24, 2.45) is 0 Å². The number of benzene rings is 2. The van der Waals surface area contributed by atoms with E-state index >= 15 is 0 Å². The topological polar surface area (TPSA) is 46.2 Å². The fourth-order valence-corrected chi connectivity index (χ4v) is 4.36. The van der Waals surface area contributed by atoms with Crippen LogP contribution >= 0.6 is 11.6 Å². The first-order valence-electron chi connectivity index (χ1n) is 10.6. The average molecular weight is 433 g/mol. The van der Waals surface area contributed by atoms with Gasteiger partial charge in [-0.1, -0.05) is 54.1 Å². The minimum atomic E-state index is -0.483. The molecule has 0 aliphatic carbocycles. The third kappa shape index (κ3) is 4.88. The molecule has 0 unspecified atom stereocenters. The van der Waals surface area contributed by atoms with Crippen molar-refractivity contribution in [2.75, 3.05) is 19.8 Å². The third-order valence-corrected chi connectivity index (χ3v) is 5.81. The monoisotopic (exact) mass is 432 g/mol. The van der Waals surface area contributed by atoms with Crippen LogP contribution in [-0.2, 0) is 30.1 Å². The maximum atomic E-state index is 6.46. The van der Waals surface area contributed by atoms with Crippen molar-refractivity contribution in [3.8, 4) is 0 Å². The fourth-order valence-electron chi connectivity index (χ4n) is 4.23. The van der Waals surface area contributed by atoms with Gasteiger partial charge in [0.25, 0.3) is 0 Å². The van der Waals surface area contributed by atoms with Gasteiger partial charge >= 0.3 is 0 Å². The zero-order valence-corrected chi connectivity index (χ0v) is 18.2. The minimum Gasteiger partial charge on any atom is -0.373 e. The Morgan fingerprint density at radius 1 is 0.900 bits per heavy atom. The van der Waals surface area contributed by atoms with E-state index in [0.29, 0.717) is 24.8 Å². The summed E-state index contributed by atoms with van der Waals surface area (Å²) in [4.78, 5) is 0. The highest BCUT2D eigenvalue weighted by atomic mass is 35.5. The van der Waals surface area contributed by atoms with Crippen LogP contribution in [0.15, 0.2) is 54.6 Å². The predicted octanol–water partition coefficient (Wildman–Crippen LogP) is 4.57. The second-order valence-electron chi connectivity index (χ2n) is 7.56. The van der Waals surface area contributed by atoms with Crippen LogP contribution in [0.4, 0.5) is 0 Å². The number of hydrogen-bond acceptors (Lipinski definition) is 5. The summed E-state index contributed by atoms with van der Waals surface area (Å²) >= 11 is 6.02. The molecule has 2 aromatic rings. The van der Waals surface area contributed by atoms with Crippen molar-refractivity contribution in [3.05, 3.63) is 70.7 Å². The summed E-state index contributed by atoms with van der Waals surface area (Å²) in [7, 11) is 0. The van der Waals surface area contributed by atoms with Crippen LogP contribution < -0.4 is 0 Å². The summed E-state index contributed by atoms with van der Waals surface area (Å²) in [5.74, 6) is 0. The molecule has 0 spiro atoms. The summed E-state index contributed by atoms with van der Waals surface area (Å²) < 4.78 is 31.2. The largest absolute Gasteiger partial charge is 0.373 e. The maximum absolute atomic E-state index is 6.46. The van der Waals surface area contributed by atoms with Crippen LogP contribution in [0, 0.1) is 0 Å². The third-order valence-electron chi connectivity index (χ3n) is 5.56. The standard InChI is InChI=1S/C24H29ClO5/c1-3-26-21-19(14-16-8-6-5-7-9-16)29-20-15-28-24(17-10-12-18(25)13-11-17)30-22(20)23(21)27-4-2/h5-13,19-24H,3-4,14-15H2,1-2H3/t19-,20+,21-,22+,23+,24+/m0/s1. The van der Waals surface area contributed by atoms with Gasteiger partial charge in [0.15, 0.2) is 6.29 Å². The highest BCUT2D eigenvalue weighted by Gasteiger charge is 2.50. The summed E-state index contributed by atoms with van der Waals surface area (Å²) in [6.45, 7) is 5.58. The SMILES string of the molecule is CCO[C@@H]1[C@@H](OCC)[C@H](Cc2ccccc2)O[C@@H]2CO[C@@H](c3ccc(Cl)cc3)O[C@@H]12. The van der Waals surface area contributed by atoms with Crippen LogP contribution in [0.3, 0.4) is 0 Å². The molecule has 0 bridgehead atoms. The molecule has 2 aliphatic rings. The Balaban J connectivity index is 1.55. The minimum absolute atomic E-state index is 0.135. The first kappa shape index (κ1) is 21.8. The van der Waals surface area contributed by atoms with Gasteiger partial charge in [-0.25, -0.2) is 0 Å². The van der Waals surface area contributed by atoms with Crippen LogP contribution in [0.5, 0.6) is 0 Å². The Labute approximate surface area is 183 Å². The molecule has 0 saturated carbocycles. The first-order chi connectivity index (χ1) is 14.7. The molecular formula is C24H29ClO5. The van der Waals surface area contributed by atoms with Gasteiger partial charge < -0.3 is 23.7 Å². The molecule has 2 heterocycles. The molecule has 6 atom stereocenters. The lowest BCUT2D eigenvalue weighted by Gasteiger charge is -2.49. The zero-order valence-electron chi connectivity index (χ0n) is 17.4. The Morgan fingerprint density at radius 2 is 1.60 bits per heavy atom. The molecule has 0 amide bonds. The van der Waals surface area contributed by atoms with E-state index in [4.69, 9.17) is 35.3 Å². The molecule has 2 saturated heterocycles. The van der Waals surface area contributed by atoms with E-state index in [1.165, 1.54) is 5.56 Å². The predicted molar refractivity (Wildman–Crippen MR) is 115 cm³/mol. The normalized spacial score (nSPS) is 31.3. The van der Waals surface area contributed by atoms with Gasteiger partial charge in [-0.2, -0.15) is 0 Å². The lowest BCUT2D eigenvalue weighted by atomic mass is 9.90. The Kier molecular flexibility index (Phi) is 7.41. The zero-order chi connectivity index (χ0) is 20.9. The van der Waals surface area contributed by atoms with Crippen molar-refractivity contribution < 1.29 is 23.7 Å². The van der Waals surface area contributed by atoms with E-state index in [9.17, 15) is 0 Å². The summed E-state index contributed by atoms with van der Waals surface area (Å²) in [5, 5.41) is 0.681. The van der Waals surface area contributed by atoms with Gasteiger partial charge in [-0.15, -0.1) is 0 Å². The average Bonchev–Trinajstić information content (AvgIpc) is 2.77. The van der Waals surface area contributed by atoms with E-state index in [2.05, 4.69) is 12.1 Å². The van der Waals surface area contributed by atoms with Crippen molar-refractivity contribution in [2.45, 2.75) is 57.1 Å². The summed E-state index contributed by atoms with van der Waals surface area (Å²) in [5.41, 5.74) is 2.13. The smallest absolute Gasteiger partial charge is 0.184 e. The van der Waals surface area contributed by atoms with Gasteiger partial charge in [-0.05, 0) is 31.5 Å². The summed E-state index contributed by atoms with van der Waals surface area (Å²) in [6, 6.07) is 17.8. The molecular weight excluding hydrogens is 404 g/mol. The molecule has 0 aromatic heterocycles. The van der Waals surface area contributed by atoms with E-state index in [-0.39, 0.29) is 30.5 Å². The van der Waals surface area contributed by atoms with Crippen LogP contribution in [-0.4, -0.2) is 50.3 Å². The number of rotatable bonds is 7. The fraction of sp³-hybridized carbons (Fsp3) is 0.500. The Bertz CT molecular complexity index is 784. The summed E-state index contributed by atoms with van der Waals surface area (Å²) in [6.07, 6.45) is -0.814. The molecule has 2 fully saturated rings.